The first kappa shape index (κ1) is 14.5. The second-order valence-electron chi connectivity index (χ2n) is 5.15. The molecule has 100 valence electrons. The Morgan fingerprint density at radius 1 is 1.28 bits per heavy atom. The fourth-order valence-corrected chi connectivity index (χ4v) is 4.56. The monoisotopic (exact) mass is 301 g/mol. The summed E-state index contributed by atoms with van der Waals surface area (Å²) in [6, 6.07) is 3.80. The molecule has 1 saturated carbocycles. The summed E-state index contributed by atoms with van der Waals surface area (Å²) in [5, 5.41) is 1.73. The Morgan fingerprint density at radius 2 is 2.00 bits per heavy atom. The molecule has 0 N–H and O–H groups in total. The predicted octanol–water partition coefficient (Wildman–Crippen LogP) is 5.10. The van der Waals surface area contributed by atoms with Gasteiger partial charge in [0, 0.05) is 11.9 Å². The second-order valence-corrected chi connectivity index (χ2v) is 6.84. The van der Waals surface area contributed by atoms with E-state index in [0.717, 1.165) is 21.6 Å². The van der Waals surface area contributed by atoms with Crippen molar-refractivity contribution in [3.8, 4) is 0 Å². The van der Waals surface area contributed by atoms with E-state index in [1.807, 2.05) is 18.3 Å². The highest BCUT2D eigenvalue weighted by Crippen LogP contribution is 2.41. The number of rotatable bonds is 4. The zero-order valence-electron chi connectivity index (χ0n) is 10.6. The zero-order valence-corrected chi connectivity index (χ0v) is 13.0. The van der Waals surface area contributed by atoms with Crippen LogP contribution in [0.4, 0.5) is 0 Å². The van der Waals surface area contributed by atoms with Gasteiger partial charge in [-0.25, -0.2) is 4.98 Å². The number of thioether (sulfide) groups is 1. The minimum atomic E-state index is 0.380. The summed E-state index contributed by atoms with van der Waals surface area (Å²) in [5.74, 6) is 2.07. The van der Waals surface area contributed by atoms with E-state index in [0.29, 0.717) is 5.41 Å². The number of thiol groups is 1. The normalized spacial score (nSPS) is 19.4. The predicted molar refractivity (Wildman–Crippen MR) is 84.0 cm³/mol. The van der Waals surface area contributed by atoms with Crippen LogP contribution < -0.4 is 0 Å². The van der Waals surface area contributed by atoms with E-state index in [1.54, 1.807) is 11.8 Å². The molecule has 2 rings (SSSR count). The molecule has 0 atom stereocenters. The molecule has 1 aromatic rings. The molecule has 0 amide bonds. The van der Waals surface area contributed by atoms with Crippen LogP contribution in [0.2, 0.25) is 5.02 Å². The van der Waals surface area contributed by atoms with Crippen molar-refractivity contribution in [1.82, 2.24) is 4.98 Å². The minimum Gasteiger partial charge on any atom is -0.248 e. The van der Waals surface area contributed by atoms with Crippen LogP contribution in [0.3, 0.4) is 0 Å². The molecule has 4 heteroatoms. The van der Waals surface area contributed by atoms with Gasteiger partial charge in [0.1, 0.15) is 5.03 Å². The fraction of sp³-hybridized carbons (Fsp3) is 0.643. The highest BCUT2D eigenvalue weighted by atomic mass is 35.5. The van der Waals surface area contributed by atoms with Gasteiger partial charge >= 0.3 is 0 Å². The molecule has 1 fully saturated rings. The van der Waals surface area contributed by atoms with Gasteiger partial charge < -0.3 is 0 Å². The lowest BCUT2D eigenvalue weighted by Crippen LogP contribution is -2.25. The fourth-order valence-electron chi connectivity index (χ4n) is 2.53. The first-order valence-corrected chi connectivity index (χ1v) is 8.60. The molecule has 0 aromatic carbocycles. The number of hydrogen-bond donors (Lipinski definition) is 1. The van der Waals surface area contributed by atoms with Crippen LogP contribution in [0, 0.1) is 5.41 Å². The van der Waals surface area contributed by atoms with E-state index in [4.69, 9.17) is 11.6 Å². The SMILES string of the molecule is SCC1(CSc2ncccc2Cl)CCCCCC1. The highest BCUT2D eigenvalue weighted by Gasteiger charge is 2.29. The average molecular weight is 302 g/mol. The Hall–Kier alpha value is 0.140. The molecule has 1 heterocycles. The van der Waals surface area contributed by atoms with Gasteiger partial charge in [0.05, 0.1) is 5.02 Å². The van der Waals surface area contributed by atoms with Crippen LogP contribution in [0.15, 0.2) is 23.4 Å². The third-order valence-corrected chi connectivity index (χ3v) is 6.18. The van der Waals surface area contributed by atoms with Crippen molar-refractivity contribution in [2.45, 2.75) is 43.6 Å². The molecule has 0 saturated heterocycles. The maximum atomic E-state index is 6.16. The van der Waals surface area contributed by atoms with Crippen molar-refractivity contribution in [3.63, 3.8) is 0 Å². The molecule has 0 aliphatic heterocycles. The lowest BCUT2D eigenvalue weighted by atomic mass is 9.84. The van der Waals surface area contributed by atoms with E-state index < -0.39 is 0 Å². The number of nitrogens with zero attached hydrogens (tertiary/aromatic N) is 1. The third kappa shape index (κ3) is 3.82. The molecular formula is C14H20ClNS2. The van der Waals surface area contributed by atoms with Crippen molar-refractivity contribution in [2.24, 2.45) is 5.41 Å². The first-order chi connectivity index (χ1) is 8.76. The summed E-state index contributed by atoms with van der Waals surface area (Å²) in [6.07, 6.45) is 9.86. The van der Waals surface area contributed by atoms with Gasteiger partial charge in [0.15, 0.2) is 0 Å². The Kier molecular flexibility index (Phi) is 5.71. The molecule has 1 aliphatic carbocycles. The summed E-state index contributed by atoms with van der Waals surface area (Å²) in [5.41, 5.74) is 0.380. The van der Waals surface area contributed by atoms with Crippen LogP contribution >= 0.6 is 36.0 Å². The van der Waals surface area contributed by atoms with Gasteiger partial charge in [0.25, 0.3) is 0 Å². The Morgan fingerprint density at radius 3 is 2.61 bits per heavy atom. The summed E-state index contributed by atoms with van der Waals surface area (Å²) < 4.78 is 0. The van der Waals surface area contributed by atoms with Gasteiger partial charge in [-0.05, 0) is 36.1 Å². The largest absolute Gasteiger partial charge is 0.248 e. The molecule has 0 spiro atoms. The zero-order chi connectivity index (χ0) is 12.8. The average Bonchev–Trinajstić information content (AvgIpc) is 2.64. The van der Waals surface area contributed by atoms with Crippen molar-refractivity contribution in [1.29, 1.82) is 0 Å². The summed E-state index contributed by atoms with van der Waals surface area (Å²) >= 11 is 12.6. The molecule has 0 bridgehead atoms. The molecule has 0 radical (unpaired) electrons. The van der Waals surface area contributed by atoms with Crippen LogP contribution in [-0.4, -0.2) is 16.5 Å². The van der Waals surface area contributed by atoms with Gasteiger partial charge in [-0.2, -0.15) is 12.6 Å². The molecular weight excluding hydrogens is 282 g/mol. The van der Waals surface area contributed by atoms with Crippen molar-refractivity contribution in [3.05, 3.63) is 23.4 Å². The lowest BCUT2D eigenvalue weighted by Gasteiger charge is -2.30. The molecule has 0 unspecified atom stereocenters. The maximum absolute atomic E-state index is 6.16. The Bertz CT molecular complexity index is 376. The van der Waals surface area contributed by atoms with Crippen molar-refractivity contribution >= 4 is 36.0 Å². The third-order valence-electron chi connectivity index (χ3n) is 3.74. The molecule has 1 aromatic heterocycles. The number of aromatic nitrogens is 1. The van der Waals surface area contributed by atoms with E-state index in [9.17, 15) is 0 Å². The van der Waals surface area contributed by atoms with Crippen LogP contribution in [0.5, 0.6) is 0 Å². The Labute approximate surface area is 125 Å². The minimum absolute atomic E-state index is 0.380. The van der Waals surface area contributed by atoms with Gasteiger partial charge in [0.2, 0.25) is 0 Å². The topological polar surface area (TPSA) is 12.9 Å². The van der Waals surface area contributed by atoms with Gasteiger partial charge in [-0.3, -0.25) is 0 Å². The summed E-state index contributed by atoms with van der Waals surface area (Å²) in [7, 11) is 0. The standard InChI is InChI=1S/C14H20ClNS2/c15-12-6-5-9-16-13(12)18-11-14(10-17)7-3-1-2-4-8-14/h5-6,9,17H,1-4,7-8,10-11H2. The van der Waals surface area contributed by atoms with E-state index in [2.05, 4.69) is 17.6 Å². The Balaban J connectivity index is 2.00. The first-order valence-electron chi connectivity index (χ1n) is 6.60. The maximum Gasteiger partial charge on any atom is 0.115 e. The highest BCUT2D eigenvalue weighted by molar-refractivity contribution is 7.99. The van der Waals surface area contributed by atoms with Crippen LogP contribution in [0.1, 0.15) is 38.5 Å². The van der Waals surface area contributed by atoms with Crippen molar-refractivity contribution < 1.29 is 0 Å². The molecule has 1 nitrogen and oxygen atoms in total. The molecule has 1 aliphatic rings. The van der Waals surface area contributed by atoms with Gasteiger partial charge in [-0.1, -0.05) is 37.3 Å². The smallest absolute Gasteiger partial charge is 0.115 e. The summed E-state index contributed by atoms with van der Waals surface area (Å²) in [6.45, 7) is 0. The van der Waals surface area contributed by atoms with Crippen LogP contribution in [0.25, 0.3) is 0 Å². The number of pyridine rings is 1. The number of hydrogen-bond acceptors (Lipinski definition) is 3. The van der Waals surface area contributed by atoms with E-state index in [1.165, 1.54) is 38.5 Å². The van der Waals surface area contributed by atoms with Gasteiger partial charge in [-0.15, -0.1) is 11.8 Å². The van der Waals surface area contributed by atoms with E-state index >= 15 is 0 Å². The second kappa shape index (κ2) is 7.06. The van der Waals surface area contributed by atoms with E-state index in [-0.39, 0.29) is 0 Å². The summed E-state index contributed by atoms with van der Waals surface area (Å²) in [4.78, 5) is 4.36. The lowest BCUT2D eigenvalue weighted by molar-refractivity contribution is 0.332. The molecule has 18 heavy (non-hydrogen) atoms. The number of halogens is 1. The van der Waals surface area contributed by atoms with Crippen LogP contribution in [-0.2, 0) is 0 Å². The quantitative estimate of drug-likeness (QED) is 0.472. The van der Waals surface area contributed by atoms with Crippen molar-refractivity contribution in [2.75, 3.05) is 11.5 Å².